The molecule has 0 saturated heterocycles. The molecule has 0 saturated carbocycles. The van der Waals surface area contributed by atoms with Gasteiger partial charge in [0.2, 0.25) is 0 Å². The van der Waals surface area contributed by atoms with Crippen molar-refractivity contribution >= 4 is 34.6 Å². The van der Waals surface area contributed by atoms with Gasteiger partial charge in [-0.1, -0.05) is 65.3 Å². The Hall–Kier alpha value is -2.63. The summed E-state index contributed by atoms with van der Waals surface area (Å²) in [4.78, 5) is 21.2. The molecule has 142 valence electrons. The number of hydrogen-bond acceptors (Lipinski definition) is 4. The summed E-state index contributed by atoms with van der Waals surface area (Å²) >= 11 is 7.42. The first-order valence-corrected chi connectivity index (χ1v) is 10.3. The van der Waals surface area contributed by atoms with E-state index in [1.54, 1.807) is 0 Å². The fourth-order valence-electron chi connectivity index (χ4n) is 3.16. The molecule has 0 fully saturated rings. The molecule has 0 N–H and O–H groups in total. The number of benzene rings is 2. The Bertz CT molecular complexity index is 956. The van der Waals surface area contributed by atoms with Crippen LogP contribution in [-0.4, -0.2) is 29.2 Å². The molecular formula is C22H19ClN2O2S. The Morgan fingerprint density at radius 2 is 1.89 bits per heavy atom. The van der Waals surface area contributed by atoms with Crippen LogP contribution in [0.4, 0.5) is 0 Å². The van der Waals surface area contributed by atoms with E-state index in [4.69, 9.17) is 16.4 Å². The second-order valence-electron chi connectivity index (χ2n) is 6.62. The van der Waals surface area contributed by atoms with Gasteiger partial charge >= 0.3 is 0 Å². The first-order valence-electron chi connectivity index (χ1n) is 9.04. The van der Waals surface area contributed by atoms with Crippen LogP contribution in [0.25, 0.3) is 0 Å². The number of rotatable bonds is 6. The summed E-state index contributed by atoms with van der Waals surface area (Å²) in [5, 5.41) is 6.85. The van der Waals surface area contributed by atoms with Gasteiger partial charge in [-0.15, -0.1) is 11.3 Å². The van der Waals surface area contributed by atoms with Crippen LogP contribution in [0, 0.1) is 0 Å². The summed E-state index contributed by atoms with van der Waals surface area (Å²) in [5.74, 6) is 0.0161. The van der Waals surface area contributed by atoms with Crippen LogP contribution in [0.3, 0.4) is 0 Å². The minimum absolute atomic E-state index is 0.0161. The molecule has 2 aromatic carbocycles. The van der Waals surface area contributed by atoms with Gasteiger partial charge in [0.25, 0.3) is 5.91 Å². The maximum atomic E-state index is 13.0. The van der Waals surface area contributed by atoms with E-state index < -0.39 is 0 Å². The molecule has 0 radical (unpaired) electrons. The molecule has 4 nitrogen and oxygen atoms in total. The molecule has 2 heterocycles. The average Bonchev–Trinajstić information content (AvgIpc) is 3.41. The number of carbonyl (C=O) groups excluding carboxylic acids is 1. The molecule has 28 heavy (non-hydrogen) atoms. The molecule has 1 aromatic heterocycles. The van der Waals surface area contributed by atoms with Crippen LogP contribution in [0.1, 0.15) is 27.2 Å². The second kappa shape index (κ2) is 8.59. The molecular weight excluding hydrogens is 392 g/mol. The molecule has 0 bridgehead atoms. The van der Waals surface area contributed by atoms with E-state index in [0.29, 0.717) is 24.5 Å². The summed E-state index contributed by atoms with van der Waals surface area (Å²) in [6.45, 7) is 1.01. The monoisotopic (exact) mass is 410 g/mol. The molecule has 1 amide bonds. The number of amides is 1. The minimum atomic E-state index is -0.168. The van der Waals surface area contributed by atoms with E-state index in [1.165, 1.54) is 11.3 Å². The standard InChI is InChI=1S/C22H19ClN2O2S/c23-18-10-8-17(9-11-18)20-13-19(27-24-20)15-25(14-16-5-2-1-3-6-16)22(26)21-7-4-12-28-21/h1-12,19H,13-15H2/t19-/m1/s1. The first-order chi connectivity index (χ1) is 13.7. The maximum Gasteiger partial charge on any atom is 0.264 e. The molecule has 0 aliphatic carbocycles. The van der Waals surface area contributed by atoms with Crippen LogP contribution < -0.4 is 0 Å². The Balaban J connectivity index is 1.47. The zero-order chi connectivity index (χ0) is 19.3. The van der Waals surface area contributed by atoms with Crippen molar-refractivity contribution in [1.82, 2.24) is 4.90 Å². The largest absolute Gasteiger partial charge is 0.390 e. The van der Waals surface area contributed by atoms with Crippen molar-refractivity contribution in [2.24, 2.45) is 5.16 Å². The summed E-state index contributed by atoms with van der Waals surface area (Å²) < 4.78 is 0. The molecule has 4 rings (SSSR count). The predicted octanol–water partition coefficient (Wildman–Crippen LogP) is 5.24. The third kappa shape index (κ3) is 4.43. The zero-order valence-electron chi connectivity index (χ0n) is 15.1. The Morgan fingerprint density at radius 1 is 1.11 bits per heavy atom. The smallest absolute Gasteiger partial charge is 0.264 e. The van der Waals surface area contributed by atoms with Gasteiger partial charge in [0.05, 0.1) is 17.1 Å². The van der Waals surface area contributed by atoms with E-state index in [9.17, 15) is 4.79 Å². The lowest BCUT2D eigenvalue weighted by Crippen LogP contribution is -2.37. The molecule has 0 unspecified atom stereocenters. The highest BCUT2D eigenvalue weighted by atomic mass is 35.5. The normalized spacial score (nSPS) is 15.8. The highest BCUT2D eigenvalue weighted by molar-refractivity contribution is 7.12. The zero-order valence-corrected chi connectivity index (χ0v) is 16.7. The average molecular weight is 411 g/mol. The number of oxime groups is 1. The Morgan fingerprint density at radius 3 is 2.61 bits per heavy atom. The Kier molecular flexibility index (Phi) is 5.74. The van der Waals surface area contributed by atoms with Crippen molar-refractivity contribution in [3.63, 3.8) is 0 Å². The third-order valence-electron chi connectivity index (χ3n) is 4.57. The molecule has 1 aliphatic heterocycles. The summed E-state index contributed by atoms with van der Waals surface area (Å²) in [6.07, 6.45) is 0.489. The SMILES string of the molecule is O=C(c1cccs1)N(Cc1ccccc1)C[C@H]1CC(c2ccc(Cl)cc2)=NO1. The lowest BCUT2D eigenvalue weighted by Gasteiger charge is -2.24. The summed E-state index contributed by atoms with van der Waals surface area (Å²) in [5.41, 5.74) is 2.96. The highest BCUT2D eigenvalue weighted by Gasteiger charge is 2.27. The number of thiophene rings is 1. The van der Waals surface area contributed by atoms with Crippen LogP contribution in [-0.2, 0) is 11.4 Å². The number of carbonyl (C=O) groups is 1. The molecule has 0 spiro atoms. The molecule has 6 heteroatoms. The minimum Gasteiger partial charge on any atom is -0.390 e. The number of nitrogens with zero attached hydrogens (tertiary/aromatic N) is 2. The second-order valence-corrected chi connectivity index (χ2v) is 8.01. The van der Waals surface area contributed by atoms with E-state index >= 15 is 0 Å². The van der Waals surface area contributed by atoms with E-state index in [0.717, 1.165) is 21.7 Å². The van der Waals surface area contributed by atoms with E-state index in [1.807, 2.05) is 77.0 Å². The molecule has 3 aromatic rings. The van der Waals surface area contributed by atoms with Crippen molar-refractivity contribution < 1.29 is 9.63 Å². The quantitative estimate of drug-likeness (QED) is 0.557. The van der Waals surface area contributed by atoms with E-state index in [2.05, 4.69) is 5.16 Å². The van der Waals surface area contributed by atoms with Crippen molar-refractivity contribution in [3.8, 4) is 0 Å². The van der Waals surface area contributed by atoms with Crippen molar-refractivity contribution in [3.05, 3.63) is 93.1 Å². The summed E-state index contributed by atoms with van der Waals surface area (Å²) in [6, 6.07) is 21.3. The number of halogens is 1. The molecule has 1 atom stereocenters. The van der Waals surface area contributed by atoms with Crippen LogP contribution >= 0.6 is 22.9 Å². The lowest BCUT2D eigenvalue weighted by atomic mass is 10.0. The van der Waals surface area contributed by atoms with Gasteiger partial charge in [-0.3, -0.25) is 4.79 Å². The van der Waals surface area contributed by atoms with Gasteiger partial charge in [-0.25, -0.2) is 0 Å². The molecule has 1 aliphatic rings. The maximum absolute atomic E-state index is 13.0. The first kappa shape index (κ1) is 18.7. The number of hydrogen-bond donors (Lipinski definition) is 0. The third-order valence-corrected chi connectivity index (χ3v) is 5.68. The lowest BCUT2D eigenvalue weighted by molar-refractivity contribution is 0.0408. The predicted molar refractivity (Wildman–Crippen MR) is 113 cm³/mol. The Labute approximate surface area is 173 Å². The van der Waals surface area contributed by atoms with Crippen LogP contribution in [0.2, 0.25) is 5.02 Å². The van der Waals surface area contributed by atoms with Crippen molar-refractivity contribution in [1.29, 1.82) is 0 Å². The van der Waals surface area contributed by atoms with Gasteiger partial charge < -0.3 is 9.74 Å². The van der Waals surface area contributed by atoms with E-state index in [-0.39, 0.29) is 12.0 Å². The fraction of sp³-hybridized carbons (Fsp3) is 0.182. The topological polar surface area (TPSA) is 41.9 Å². The van der Waals surface area contributed by atoms with Crippen molar-refractivity contribution in [2.75, 3.05) is 6.54 Å². The van der Waals surface area contributed by atoms with Crippen molar-refractivity contribution in [2.45, 2.75) is 19.1 Å². The van der Waals surface area contributed by atoms with Gasteiger partial charge in [0.1, 0.15) is 0 Å². The van der Waals surface area contributed by atoms with Gasteiger partial charge in [-0.05, 0) is 34.7 Å². The highest BCUT2D eigenvalue weighted by Crippen LogP contribution is 2.22. The van der Waals surface area contributed by atoms with Gasteiger partial charge in [0, 0.05) is 18.0 Å². The van der Waals surface area contributed by atoms with Crippen LogP contribution in [0.5, 0.6) is 0 Å². The van der Waals surface area contributed by atoms with Crippen LogP contribution in [0.15, 0.2) is 77.3 Å². The van der Waals surface area contributed by atoms with Gasteiger partial charge in [-0.2, -0.15) is 0 Å². The summed E-state index contributed by atoms with van der Waals surface area (Å²) in [7, 11) is 0. The van der Waals surface area contributed by atoms with Gasteiger partial charge in [0.15, 0.2) is 6.10 Å². The fourth-order valence-corrected chi connectivity index (χ4v) is 3.98.